The van der Waals surface area contributed by atoms with Gasteiger partial charge in [0.05, 0.1) is 5.69 Å². The highest BCUT2D eigenvalue weighted by molar-refractivity contribution is 7.80. The van der Waals surface area contributed by atoms with E-state index in [0.717, 1.165) is 11.6 Å². The first-order valence-corrected chi connectivity index (χ1v) is 4.96. The van der Waals surface area contributed by atoms with Crippen LogP contribution in [0.2, 0.25) is 0 Å². The SMILES string of the molecule is CN(C)c1c(CCS)ccc(F)c1F. The maximum atomic E-state index is 13.4. The van der Waals surface area contributed by atoms with E-state index in [1.807, 2.05) is 0 Å². The summed E-state index contributed by atoms with van der Waals surface area (Å²) in [5.74, 6) is -0.975. The number of benzene rings is 1. The molecule has 1 nitrogen and oxygen atoms in total. The Kier molecular flexibility index (Phi) is 3.75. The third-order valence-corrected chi connectivity index (χ3v) is 2.20. The summed E-state index contributed by atoms with van der Waals surface area (Å²) >= 11 is 4.07. The van der Waals surface area contributed by atoms with Crippen LogP contribution in [0.1, 0.15) is 5.56 Å². The Labute approximate surface area is 88.1 Å². The van der Waals surface area contributed by atoms with Crippen LogP contribution in [0.25, 0.3) is 0 Å². The van der Waals surface area contributed by atoms with Crippen LogP contribution in [0.5, 0.6) is 0 Å². The van der Waals surface area contributed by atoms with E-state index >= 15 is 0 Å². The number of aryl methyl sites for hydroxylation is 1. The second-order valence-electron chi connectivity index (χ2n) is 3.24. The van der Waals surface area contributed by atoms with E-state index in [1.54, 1.807) is 25.1 Å². The topological polar surface area (TPSA) is 3.24 Å². The Bertz CT molecular complexity index is 326. The van der Waals surface area contributed by atoms with Gasteiger partial charge in [0.1, 0.15) is 0 Å². The average molecular weight is 217 g/mol. The molecule has 1 rings (SSSR count). The molecule has 0 fully saturated rings. The van der Waals surface area contributed by atoms with Crippen LogP contribution >= 0.6 is 12.6 Å². The molecule has 0 atom stereocenters. The number of rotatable bonds is 3. The fourth-order valence-electron chi connectivity index (χ4n) is 1.39. The van der Waals surface area contributed by atoms with E-state index in [4.69, 9.17) is 0 Å². The molecule has 4 heteroatoms. The molecule has 78 valence electrons. The summed E-state index contributed by atoms with van der Waals surface area (Å²) in [6.45, 7) is 0. The van der Waals surface area contributed by atoms with Gasteiger partial charge >= 0.3 is 0 Å². The molecular weight excluding hydrogens is 204 g/mol. The van der Waals surface area contributed by atoms with Gasteiger partial charge in [-0.25, -0.2) is 8.78 Å². The Balaban J connectivity index is 3.23. The van der Waals surface area contributed by atoms with E-state index in [1.165, 1.54) is 0 Å². The highest BCUT2D eigenvalue weighted by Gasteiger charge is 2.14. The lowest BCUT2D eigenvalue weighted by molar-refractivity contribution is 0.507. The molecule has 14 heavy (non-hydrogen) atoms. The van der Waals surface area contributed by atoms with Crippen LogP contribution in [-0.4, -0.2) is 19.8 Å². The summed E-state index contributed by atoms with van der Waals surface area (Å²) in [6, 6.07) is 2.76. The molecule has 0 saturated carbocycles. The van der Waals surface area contributed by atoms with Gasteiger partial charge in [0.2, 0.25) is 0 Å². The lowest BCUT2D eigenvalue weighted by Crippen LogP contribution is -2.14. The molecular formula is C10H13F2NS. The van der Waals surface area contributed by atoms with Crippen molar-refractivity contribution in [3.05, 3.63) is 29.3 Å². The minimum Gasteiger partial charge on any atom is -0.375 e. The fraction of sp³-hybridized carbons (Fsp3) is 0.400. The molecule has 0 aliphatic heterocycles. The first kappa shape index (κ1) is 11.3. The summed E-state index contributed by atoms with van der Waals surface area (Å²) in [5.41, 5.74) is 1.10. The van der Waals surface area contributed by atoms with Gasteiger partial charge in [-0.3, -0.25) is 0 Å². The van der Waals surface area contributed by atoms with Gasteiger partial charge in [0.25, 0.3) is 0 Å². The van der Waals surface area contributed by atoms with Gasteiger partial charge in [-0.15, -0.1) is 0 Å². The quantitative estimate of drug-likeness (QED) is 0.761. The number of hydrogen-bond acceptors (Lipinski definition) is 2. The van der Waals surface area contributed by atoms with Crippen molar-refractivity contribution >= 4 is 18.3 Å². The standard InChI is InChI=1S/C10H13F2NS/c1-13(2)10-7(5-6-14)3-4-8(11)9(10)12/h3-4,14H,5-6H2,1-2H3. The molecule has 1 aromatic rings. The third-order valence-electron chi connectivity index (χ3n) is 1.98. The zero-order chi connectivity index (χ0) is 10.7. The van der Waals surface area contributed by atoms with E-state index in [0.29, 0.717) is 17.9 Å². The molecule has 0 bridgehead atoms. The Morgan fingerprint density at radius 2 is 1.93 bits per heavy atom. The van der Waals surface area contributed by atoms with Crippen LogP contribution in [0.4, 0.5) is 14.5 Å². The van der Waals surface area contributed by atoms with Gasteiger partial charge in [0, 0.05) is 14.1 Å². The van der Waals surface area contributed by atoms with Gasteiger partial charge in [-0.05, 0) is 23.8 Å². The zero-order valence-corrected chi connectivity index (χ0v) is 9.11. The highest BCUT2D eigenvalue weighted by atomic mass is 32.1. The van der Waals surface area contributed by atoms with Crippen LogP contribution in [0.15, 0.2) is 12.1 Å². The number of anilines is 1. The first-order chi connectivity index (χ1) is 6.57. The Hall–Kier alpha value is -0.770. The normalized spacial score (nSPS) is 10.4. The molecule has 0 aromatic heterocycles. The van der Waals surface area contributed by atoms with Crippen LogP contribution in [0.3, 0.4) is 0 Å². The monoisotopic (exact) mass is 217 g/mol. The second-order valence-corrected chi connectivity index (χ2v) is 3.68. The van der Waals surface area contributed by atoms with Crippen LogP contribution < -0.4 is 4.90 Å². The van der Waals surface area contributed by atoms with E-state index in [2.05, 4.69) is 12.6 Å². The van der Waals surface area contributed by atoms with Crippen LogP contribution in [-0.2, 0) is 6.42 Å². The Morgan fingerprint density at radius 1 is 1.29 bits per heavy atom. The van der Waals surface area contributed by atoms with Crippen molar-refractivity contribution in [3.63, 3.8) is 0 Å². The average Bonchev–Trinajstić information content (AvgIpc) is 2.11. The highest BCUT2D eigenvalue weighted by Crippen LogP contribution is 2.25. The lowest BCUT2D eigenvalue weighted by atomic mass is 10.1. The maximum Gasteiger partial charge on any atom is 0.182 e. The maximum absolute atomic E-state index is 13.4. The first-order valence-electron chi connectivity index (χ1n) is 4.33. The molecule has 0 amide bonds. The predicted octanol–water partition coefficient (Wildman–Crippen LogP) is 2.50. The molecule has 0 unspecified atom stereocenters. The fourth-order valence-corrected chi connectivity index (χ4v) is 1.63. The lowest BCUT2D eigenvalue weighted by Gasteiger charge is -2.18. The molecule has 0 N–H and O–H groups in total. The number of hydrogen-bond donors (Lipinski definition) is 1. The van der Waals surface area contributed by atoms with Crippen molar-refractivity contribution in [2.75, 3.05) is 24.7 Å². The van der Waals surface area contributed by atoms with Crippen molar-refractivity contribution < 1.29 is 8.78 Å². The largest absolute Gasteiger partial charge is 0.375 e. The molecule has 1 aromatic carbocycles. The number of nitrogens with zero attached hydrogens (tertiary/aromatic N) is 1. The molecule has 0 saturated heterocycles. The molecule has 0 heterocycles. The minimum absolute atomic E-state index is 0.319. The number of thiol groups is 1. The van der Waals surface area contributed by atoms with Crippen molar-refractivity contribution in [1.82, 2.24) is 0 Å². The van der Waals surface area contributed by atoms with E-state index in [9.17, 15) is 8.78 Å². The molecule has 0 aliphatic rings. The summed E-state index contributed by atoms with van der Waals surface area (Å²) in [6.07, 6.45) is 0.633. The van der Waals surface area contributed by atoms with Crippen molar-refractivity contribution in [3.8, 4) is 0 Å². The second kappa shape index (κ2) is 4.64. The zero-order valence-electron chi connectivity index (χ0n) is 8.22. The van der Waals surface area contributed by atoms with Gasteiger partial charge < -0.3 is 4.90 Å². The molecule has 0 radical (unpaired) electrons. The smallest absolute Gasteiger partial charge is 0.182 e. The van der Waals surface area contributed by atoms with Gasteiger partial charge in [-0.1, -0.05) is 6.07 Å². The minimum atomic E-state index is -0.809. The molecule has 0 aliphatic carbocycles. The van der Waals surface area contributed by atoms with Crippen molar-refractivity contribution in [1.29, 1.82) is 0 Å². The van der Waals surface area contributed by atoms with Crippen molar-refractivity contribution in [2.45, 2.75) is 6.42 Å². The summed E-state index contributed by atoms with van der Waals surface area (Å²) in [4.78, 5) is 1.58. The molecule has 0 spiro atoms. The van der Waals surface area contributed by atoms with Crippen molar-refractivity contribution in [2.24, 2.45) is 0 Å². The van der Waals surface area contributed by atoms with E-state index < -0.39 is 11.6 Å². The summed E-state index contributed by atoms with van der Waals surface area (Å²) in [5, 5.41) is 0. The number of halogens is 2. The summed E-state index contributed by atoms with van der Waals surface area (Å²) in [7, 11) is 3.39. The van der Waals surface area contributed by atoms with Crippen LogP contribution in [0, 0.1) is 11.6 Å². The van der Waals surface area contributed by atoms with Gasteiger partial charge in [-0.2, -0.15) is 12.6 Å². The van der Waals surface area contributed by atoms with Gasteiger partial charge in [0.15, 0.2) is 11.6 Å². The predicted molar refractivity (Wildman–Crippen MR) is 58.2 cm³/mol. The Morgan fingerprint density at radius 3 is 2.43 bits per heavy atom. The third kappa shape index (κ3) is 2.18. The van der Waals surface area contributed by atoms with E-state index in [-0.39, 0.29) is 0 Å². The summed E-state index contributed by atoms with van der Waals surface area (Å²) < 4.78 is 26.3.